The third kappa shape index (κ3) is 6.30. The summed E-state index contributed by atoms with van der Waals surface area (Å²) in [7, 11) is 0. The number of benzene rings is 2. The summed E-state index contributed by atoms with van der Waals surface area (Å²) < 4.78 is 50.8. The normalized spacial score (nSPS) is 19.9. The maximum absolute atomic E-state index is 15.2. The molecule has 2 aromatic carbocycles. The number of aromatic nitrogens is 2. The Hall–Kier alpha value is -4.36. The number of hydrogen-bond acceptors (Lipinski definition) is 9. The van der Waals surface area contributed by atoms with Gasteiger partial charge in [-0.25, -0.2) is 14.4 Å². The molecule has 38 heavy (non-hydrogen) atoms. The number of anilines is 1. The lowest BCUT2D eigenvalue weighted by atomic mass is 10.1. The van der Waals surface area contributed by atoms with Crippen LogP contribution in [-0.4, -0.2) is 51.6 Å². The molecule has 2 heterocycles. The van der Waals surface area contributed by atoms with Gasteiger partial charge >= 0.3 is 23.9 Å². The third-order valence-electron chi connectivity index (χ3n) is 5.48. The molecular weight excluding hydrogens is 508 g/mol. The summed E-state index contributed by atoms with van der Waals surface area (Å²) in [5.41, 5.74) is 0.135. The summed E-state index contributed by atoms with van der Waals surface area (Å²) in [4.78, 5) is 40.1. The van der Waals surface area contributed by atoms with Crippen LogP contribution < -0.4 is 11.0 Å². The number of carbonyl (C=O) groups is 2. The zero-order valence-corrected chi connectivity index (χ0v) is 19.7. The van der Waals surface area contributed by atoms with Gasteiger partial charge in [0.1, 0.15) is 25.1 Å². The number of rotatable bonds is 8. The Balaban J connectivity index is 1.40. The molecule has 1 amide bonds. The third-order valence-corrected chi connectivity index (χ3v) is 5.48. The van der Waals surface area contributed by atoms with Crippen molar-refractivity contribution in [1.29, 1.82) is 0 Å². The Morgan fingerprint density at radius 3 is 2.18 bits per heavy atom. The van der Waals surface area contributed by atoms with E-state index >= 15 is 8.78 Å². The molecule has 1 aliphatic rings. The highest BCUT2D eigenvalue weighted by Gasteiger charge is 2.62. The highest BCUT2D eigenvalue weighted by Crippen LogP contribution is 2.44. The van der Waals surface area contributed by atoms with Crippen LogP contribution in [0.15, 0.2) is 77.7 Å². The van der Waals surface area contributed by atoms with E-state index in [9.17, 15) is 19.5 Å². The molecule has 1 aromatic heterocycles. The van der Waals surface area contributed by atoms with Crippen molar-refractivity contribution >= 4 is 18.1 Å². The minimum Gasteiger partial charge on any atom is -0.444 e. The number of ether oxygens (including phenoxy) is 4. The molecule has 11 nitrogen and oxygen atoms in total. The number of carbonyl (C=O) groups excluding carboxylic acids is 2. The summed E-state index contributed by atoms with van der Waals surface area (Å²) >= 11 is 0. The maximum atomic E-state index is 15.2. The summed E-state index contributed by atoms with van der Waals surface area (Å²) in [6.07, 6.45) is -7.56. The molecule has 13 heteroatoms. The number of nitrogens with zero attached hydrogens (tertiary/aromatic N) is 2. The monoisotopic (exact) mass is 531 g/mol. The summed E-state index contributed by atoms with van der Waals surface area (Å²) in [6, 6.07) is 18.4. The lowest BCUT2D eigenvalue weighted by Gasteiger charge is -2.23. The van der Waals surface area contributed by atoms with Gasteiger partial charge in [0, 0.05) is 6.20 Å². The van der Waals surface area contributed by atoms with E-state index < -0.39 is 48.9 Å². The first-order valence-electron chi connectivity index (χ1n) is 11.4. The van der Waals surface area contributed by atoms with Crippen molar-refractivity contribution in [1.82, 2.24) is 9.55 Å². The summed E-state index contributed by atoms with van der Waals surface area (Å²) in [5, 5.41) is 11.8. The van der Waals surface area contributed by atoms with Gasteiger partial charge < -0.3 is 24.1 Å². The molecule has 1 unspecified atom stereocenters. The molecule has 1 saturated heterocycles. The van der Waals surface area contributed by atoms with Gasteiger partial charge in [0.15, 0.2) is 0 Å². The Morgan fingerprint density at radius 1 is 1.00 bits per heavy atom. The zero-order chi connectivity index (χ0) is 27.1. The van der Waals surface area contributed by atoms with Gasteiger partial charge in [-0.1, -0.05) is 60.7 Å². The highest BCUT2D eigenvalue weighted by molar-refractivity contribution is 5.83. The first-order valence-corrected chi connectivity index (χ1v) is 11.4. The van der Waals surface area contributed by atoms with E-state index in [0.717, 1.165) is 17.8 Å². The fourth-order valence-electron chi connectivity index (χ4n) is 3.64. The van der Waals surface area contributed by atoms with Crippen LogP contribution in [0.3, 0.4) is 0 Å². The van der Waals surface area contributed by atoms with Gasteiger partial charge in [-0.3, -0.25) is 9.88 Å². The van der Waals surface area contributed by atoms with E-state index in [2.05, 4.69) is 10.3 Å². The fourth-order valence-corrected chi connectivity index (χ4v) is 3.64. The molecule has 0 radical (unpaired) electrons. The molecule has 2 N–H and O–H groups in total. The predicted octanol–water partition coefficient (Wildman–Crippen LogP) is 3.24. The number of nitrogens with one attached hydrogen (secondary N) is 1. The first-order chi connectivity index (χ1) is 18.3. The summed E-state index contributed by atoms with van der Waals surface area (Å²) in [6.45, 7) is -1.20. The second kappa shape index (κ2) is 11.8. The number of halogens is 2. The maximum Gasteiger partial charge on any atom is 0.509 e. The van der Waals surface area contributed by atoms with E-state index in [0.29, 0.717) is 10.1 Å². The SMILES string of the molecule is O=C(Nc1ccn([C@@H]2O[C@H](CO)C(OC(=O)OCc3ccccc3)C2(F)F)c(=O)n1)OCc1ccccc1. The van der Waals surface area contributed by atoms with Crippen LogP contribution in [0.4, 0.5) is 24.2 Å². The van der Waals surface area contributed by atoms with Crippen LogP contribution in [0.25, 0.3) is 0 Å². The molecule has 3 aromatic rings. The van der Waals surface area contributed by atoms with E-state index in [4.69, 9.17) is 18.9 Å². The Bertz CT molecular complexity index is 1310. The molecular formula is C25H23F2N3O8. The van der Waals surface area contributed by atoms with Crippen molar-refractivity contribution in [3.05, 3.63) is 94.5 Å². The van der Waals surface area contributed by atoms with Crippen LogP contribution in [0.1, 0.15) is 17.4 Å². The Labute approximate surface area is 214 Å². The van der Waals surface area contributed by atoms with Crippen LogP contribution in [0.5, 0.6) is 0 Å². The van der Waals surface area contributed by atoms with Crippen molar-refractivity contribution in [3.8, 4) is 0 Å². The van der Waals surface area contributed by atoms with Crippen LogP contribution >= 0.6 is 0 Å². The lowest BCUT2D eigenvalue weighted by Crippen LogP contribution is -2.44. The summed E-state index contributed by atoms with van der Waals surface area (Å²) in [5.74, 6) is -4.20. The highest BCUT2D eigenvalue weighted by atomic mass is 19.3. The molecule has 0 aliphatic carbocycles. The standard InChI is InChI=1S/C25H23F2N3O8/c26-25(27)20(38-24(34)36-15-17-9-5-2-6-10-17)18(13-31)37-21(25)30-12-11-19(28-22(30)32)29-23(33)35-14-16-7-3-1-4-8-16/h1-12,18,20-21,31H,13-15H2,(H,28,29,32,33)/t18-,20?,21-/m1/s1. The molecule has 0 spiro atoms. The van der Waals surface area contributed by atoms with Crippen molar-refractivity contribution in [2.75, 3.05) is 11.9 Å². The molecule has 4 rings (SSSR count). The van der Waals surface area contributed by atoms with Gasteiger partial charge in [0.05, 0.1) is 6.61 Å². The zero-order valence-electron chi connectivity index (χ0n) is 19.7. The fraction of sp³-hybridized carbons (Fsp3) is 0.280. The number of aliphatic hydroxyl groups excluding tert-OH is 1. The average molecular weight is 531 g/mol. The Morgan fingerprint density at radius 2 is 1.61 bits per heavy atom. The lowest BCUT2D eigenvalue weighted by molar-refractivity contribution is -0.146. The smallest absolute Gasteiger partial charge is 0.444 e. The largest absolute Gasteiger partial charge is 0.509 e. The number of amides is 1. The van der Waals surface area contributed by atoms with Crippen molar-refractivity contribution in [2.45, 2.75) is 37.6 Å². The van der Waals surface area contributed by atoms with Crippen molar-refractivity contribution in [3.63, 3.8) is 0 Å². The minimum absolute atomic E-state index is 0.0381. The second-order valence-corrected chi connectivity index (χ2v) is 8.14. The number of aliphatic hydroxyl groups is 1. The van der Waals surface area contributed by atoms with Crippen molar-refractivity contribution in [2.24, 2.45) is 0 Å². The van der Waals surface area contributed by atoms with Gasteiger partial charge in [0.2, 0.25) is 12.3 Å². The number of alkyl halides is 2. The minimum atomic E-state index is -3.95. The van der Waals surface area contributed by atoms with Gasteiger partial charge in [0.25, 0.3) is 0 Å². The second-order valence-electron chi connectivity index (χ2n) is 8.14. The first kappa shape index (κ1) is 26.7. The van der Waals surface area contributed by atoms with Gasteiger partial charge in [-0.2, -0.15) is 13.8 Å². The van der Waals surface area contributed by atoms with Gasteiger partial charge in [-0.05, 0) is 17.2 Å². The molecule has 0 saturated carbocycles. The Kier molecular flexibility index (Phi) is 8.28. The van der Waals surface area contributed by atoms with E-state index in [1.165, 1.54) is 0 Å². The van der Waals surface area contributed by atoms with Gasteiger partial charge in [-0.15, -0.1) is 0 Å². The molecule has 1 fully saturated rings. The van der Waals surface area contributed by atoms with Crippen LogP contribution in [0, 0.1) is 0 Å². The predicted molar refractivity (Wildman–Crippen MR) is 126 cm³/mol. The topological polar surface area (TPSA) is 138 Å². The van der Waals surface area contributed by atoms with E-state index in [-0.39, 0.29) is 19.0 Å². The quantitative estimate of drug-likeness (QED) is 0.420. The van der Waals surface area contributed by atoms with E-state index in [1.807, 2.05) is 0 Å². The molecule has 1 aliphatic heterocycles. The van der Waals surface area contributed by atoms with Crippen molar-refractivity contribution < 1.29 is 42.4 Å². The van der Waals surface area contributed by atoms with E-state index in [1.54, 1.807) is 60.7 Å². The molecule has 200 valence electrons. The molecule has 0 bridgehead atoms. The average Bonchev–Trinajstić information content (AvgIpc) is 3.16. The van der Waals surface area contributed by atoms with Crippen LogP contribution in [-0.2, 0) is 32.2 Å². The number of hydrogen-bond donors (Lipinski definition) is 2. The van der Waals surface area contributed by atoms with Crippen LogP contribution in [0.2, 0.25) is 0 Å². The molecule has 3 atom stereocenters.